The predicted molar refractivity (Wildman–Crippen MR) is 64.3 cm³/mol. The number of nitrogens with one attached hydrogen (secondary N) is 1. The molecule has 2 aromatic heterocycles. The summed E-state index contributed by atoms with van der Waals surface area (Å²) in [5, 5.41) is 2.02. The lowest BCUT2D eigenvalue weighted by molar-refractivity contribution is 0.411. The smallest absolute Gasteiger partial charge is 0.137 e. The van der Waals surface area contributed by atoms with Crippen molar-refractivity contribution in [1.82, 2.24) is 10.4 Å². The molecule has 0 amide bonds. The number of rotatable bonds is 4. The molecule has 0 radical (unpaired) electrons. The van der Waals surface area contributed by atoms with Crippen molar-refractivity contribution < 1.29 is 4.74 Å². The minimum atomic E-state index is -0.0393. The summed E-state index contributed by atoms with van der Waals surface area (Å²) in [5.41, 5.74) is 3.78. The molecule has 3 N–H and O–H groups in total. The van der Waals surface area contributed by atoms with E-state index < -0.39 is 0 Å². The molecule has 0 saturated heterocycles. The van der Waals surface area contributed by atoms with Crippen molar-refractivity contribution in [3.8, 4) is 5.75 Å². The molecule has 1 atom stereocenters. The molecule has 0 aromatic carbocycles. The van der Waals surface area contributed by atoms with E-state index in [1.54, 1.807) is 30.8 Å². The Morgan fingerprint density at radius 2 is 2.38 bits per heavy atom. The third-order valence-corrected chi connectivity index (χ3v) is 3.23. The molecule has 2 aromatic rings. The van der Waals surface area contributed by atoms with Gasteiger partial charge in [-0.15, -0.1) is 11.3 Å². The van der Waals surface area contributed by atoms with Gasteiger partial charge in [0.15, 0.2) is 0 Å². The van der Waals surface area contributed by atoms with E-state index >= 15 is 0 Å². The number of methoxy groups -OCH3 is 1. The summed E-state index contributed by atoms with van der Waals surface area (Å²) < 4.78 is 5.14. The van der Waals surface area contributed by atoms with Crippen LogP contribution in [0.15, 0.2) is 36.0 Å². The monoisotopic (exact) mass is 235 g/mol. The summed E-state index contributed by atoms with van der Waals surface area (Å²) in [6, 6.07) is 5.92. The van der Waals surface area contributed by atoms with E-state index in [-0.39, 0.29) is 6.04 Å². The molecule has 4 nitrogen and oxygen atoms in total. The molecular formula is C11H13N3OS. The fourth-order valence-electron chi connectivity index (χ4n) is 1.50. The number of hydrogen-bond donors (Lipinski definition) is 2. The van der Waals surface area contributed by atoms with Gasteiger partial charge in [-0.25, -0.2) is 5.43 Å². The zero-order chi connectivity index (χ0) is 11.4. The van der Waals surface area contributed by atoms with Crippen molar-refractivity contribution in [2.75, 3.05) is 7.11 Å². The Hall–Kier alpha value is -1.43. The van der Waals surface area contributed by atoms with Crippen LogP contribution in [0.1, 0.15) is 16.5 Å². The Bertz CT molecular complexity index is 444. The second kappa shape index (κ2) is 5.07. The van der Waals surface area contributed by atoms with Crippen LogP contribution in [0.2, 0.25) is 0 Å². The Balaban J connectivity index is 2.33. The van der Waals surface area contributed by atoms with Crippen LogP contribution in [0, 0.1) is 0 Å². The lowest BCUT2D eigenvalue weighted by Crippen LogP contribution is -2.28. The third kappa shape index (κ3) is 2.21. The van der Waals surface area contributed by atoms with Crippen LogP contribution in [0.4, 0.5) is 0 Å². The SMILES string of the molecule is COc1cncc(C(NN)c2cccs2)c1. The molecule has 0 aliphatic carbocycles. The van der Waals surface area contributed by atoms with Crippen LogP contribution < -0.4 is 16.0 Å². The molecule has 16 heavy (non-hydrogen) atoms. The summed E-state index contributed by atoms with van der Waals surface area (Å²) >= 11 is 1.65. The molecule has 5 heteroatoms. The van der Waals surface area contributed by atoms with E-state index in [0.717, 1.165) is 16.2 Å². The minimum absolute atomic E-state index is 0.0393. The zero-order valence-corrected chi connectivity index (χ0v) is 9.70. The molecule has 0 spiro atoms. The summed E-state index contributed by atoms with van der Waals surface area (Å²) in [5.74, 6) is 6.31. The van der Waals surface area contributed by atoms with Gasteiger partial charge in [-0.05, 0) is 23.1 Å². The lowest BCUT2D eigenvalue weighted by Gasteiger charge is -2.14. The number of nitrogens with two attached hydrogens (primary N) is 1. The Morgan fingerprint density at radius 3 is 3.00 bits per heavy atom. The van der Waals surface area contributed by atoms with Crippen LogP contribution in [-0.2, 0) is 0 Å². The first-order valence-electron chi connectivity index (χ1n) is 4.83. The van der Waals surface area contributed by atoms with Crippen molar-refractivity contribution in [1.29, 1.82) is 0 Å². The minimum Gasteiger partial charge on any atom is -0.495 e. The van der Waals surface area contributed by atoms with E-state index in [0.29, 0.717) is 0 Å². The van der Waals surface area contributed by atoms with E-state index in [9.17, 15) is 0 Å². The maximum atomic E-state index is 5.58. The highest BCUT2D eigenvalue weighted by molar-refractivity contribution is 7.10. The fraction of sp³-hybridized carbons (Fsp3) is 0.182. The average Bonchev–Trinajstić information content (AvgIpc) is 2.84. The predicted octanol–water partition coefficient (Wildman–Crippen LogP) is 1.70. The highest BCUT2D eigenvalue weighted by Gasteiger charge is 2.14. The van der Waals surface area contributed by atoms with Gasteiger partial charge in [0.1, 0.15) is 5.75 Å². The van der Waals surface area contributed by atoms with Gasteiger partial charge in [-0.3, -0.25) is 10.8 Å². The second-order valence-corrected chi connectivity index (χ2v) is 4.25. The molecule has 1 unspecified atom stereocenters. The van der Waals surface area contributed by atoms with Gasteiger partial charge in [-0.2, -0.15) is 0 Å². The number of aromatic nitrogens is 1. The van der Waals surface area contributed by atoms with Crippen LogP contribution in [0.3, 0.4) is 0 Å². The average molecular weight is 235 g/mol. The summed E-state index contributed by atoms with van der Waals surface area (Å²) in [4.78, 5) is 5.27. The standard InChI is InChI=1S/C11H13N3OS/c1-15-9-5-8(6-13-7-9)11(14-12)10-3-2-4-16-10/h2-7,11,14H,12H2,1H3. The first-order chi connectivity index (χ1) is 7.85. The van der Waals surface area contributed by atoms with Gasteiger partial charge in [0.2, 0.25) is 0 Å². The molecule has 0 aliphatic rings. The molecule has 0 bridgehead atoms. The Morgan fingerprint density at radius 1 is 1.50 bits per heavy atom. The van der Waals surface area contributed by atoms with Gasteiger partial charge >= 0.3 is 0 Å². The molecule has 0 aliphatic heterocycles. The maximum absolute atomic E-state index is 5.58. The van der Waals surface area contributed by atoms with Gasteiger partial charge in [0.05, 0.1) is 19.3 Å². The lowest BCUT2D eigenvalue weighted by atomic mass is 10.1. The topological polar surface area (TPSA) is 60.2 Å². The number of ether oxygens (including phenoxy) is 1. The van der Waals surface area contributed by atoms with Crippen molar-refractivity contribution in [2.45, 2.75) is 6.04 Å². The van der Waals surface area contributed by atoms with Crippen LogP contribution in [-0.4, -0.2) is 12.1 Å². The highest BCUT2D eigenvalue weighted by Crippen LogP contribution is 2.26. The molecule has 2 rings (SSSR count). The molecule has 84 valence electrons. The summed E-state index contributed by atoms with van der Waals surface area (Å²) in [7, 11) is 1.62. The number of pyridine rings is 1. The van der Waals surface area contributed by atoms with Gasteiger partial charge < -0.3 is 4.74 Å². The zero-order valence-electron chi connectivity index (χ0n) is 8.88. The van der Waals surface area contributed by atoms with Crippen molar-refractivity contribution in [2.24, 2.45) is 5.84 Å². The van der Waals surface area contributed by atoms with E-state index in [2.05, 4.69) is 10.4 Å². The number of hydrazine groups is 1. The van der Waals surface area contributed by atoms with E-state index in [1.165, 1.54) is 0 Å². The van der Waals surface area contributed by atoms with Gasteiger partial charge in [0, 0.05) is 11.1 Å². The normalized spacial score (nSPS) is 12.4. The number of nitrogens with zero attached hydrogens (tertiary/aromatic N) is 1. The van der Waals surface area contributed by atoms with Crippen LogP contribution in [0.5, 0.6) is 5.75 Å². The number of hydrogen-bond acceptors (Lipinski definition) is 5. The highest BCUT2D eigenvalue weighted by atomic mass is 32.1. The van der Waals surface area contributed by atoms with Crippen molar-refractivity contribution >= 4 is 11.3 Å². The number of thiophene rings is 1. The van der Waals surface area contributed by atoms with Crippen molar-refractivity contribution in [3.05, 3.63) is 46.4 Å². The largest absolute Gasteiger partial charge is 0.495 e. The first kappa shape index (κ1) is 11.1. The molecule has 0 fully saturated rings. The van der Waals surface area contributed by atoms with Crippen LogP contribution in [0.25, 0.3) is 0 Å². The van der Waals surface area contributed by atoms with E-state index in [4.69, 9.17) is 10.6 Å². The summed E-state index contributed by atoms with van der Waals surface area (Å²) in [6.07, 6.45) is 3.46. The van der Waals surface area contributed by atoms with Gasteiger partial charge in [0.25, 0.3) is 0 Å². The first-order valence-corrected chi connectivity index (χ1v) is 5.71. The Kier molecular flexibility index (Phi) is 3.51. The maximum Gasteiger partial charge on any atom is 0.137 e. The van der Waals surface area contributed by atoms with E-state index in [1.807, 2.05) is 23.6 Å². The molecule has 2 heterocycles. The fourth-order valence-corrected chi connectivity index (χ4v) is 2.31. The second-order valence-electron chi connectivity index (χ2n) is 3.27. The third-order valence-electron chi connectivity index (χ3n) is 2.30. The quantitative estimate of drug-likeness (QED) is 0.625. The van der Waals surface area contributed by atoms with Crippen molar-refractivity contribution in [3.63, 3.8) is 0 Å². The molecule has 0 saturated carbocycles. The Labute approximate surface area is 98.1 Å². The van der Waals surface area contributed by atoms with Crippen LogP contribution >= 0.6 is 11.3 Å². The molecular weight excluding hydrogens is 222 g/mol. The summed E-state index contributed by atoms with van der Waals surface area (Å²) in [6.45, 7) is 0. The van der Waals surface area contributed by atoms with Gasteiger partial charge in [-0.1, -0.05) is 6.07 Å².